The van der Waals surface area contributed by atoms with Crippen LogP contribution in [0.3, 0.4) is 0 Å². The number of hydrogen-bond acceptors (Lipinski definition) is 5. The largest absolute Gasteiger partial charge is 0.490 e. The summed E-state index contributed by atoms with van der Waals surface area (Å²) >= 11 is 0. The van der Waals surface area contributed by atoms with Crippen LogP contribution in [0.4, 0.5) is 0 Å². The smallest absolute Gasteiger partial charge is 0.125 e. The molecule has 2 rings (SSSR count). The number of piperazine rings is 1. The first kappa shape index (κ1) is 23.4. The summed E-state index contributed by atoms with van der Waals surface area (Å²) in [7, 11) is 0. The van der Waals surface area contributed by atoms with Crippen LogP contribution < -0.4 is 4.74 Å². The number of aliphatic hydroxyl groups is 2. The third kappa shape index (κ3) is 7.13. The van der Waals surface area contributed by atoms with Crippen LogP contribution in [0, 0.1) is 13.8 Å². The molecule has 1 aliphatic rings. The number of aryl methyl sites for hydroxylation is 2. The lowest BCUT2D eigenvalue weighted by atomic mass is 10.1. The molecule has 140 valence electrons. The van der Waals surface area contributed by atoms with Crippen molar-refractivity contribution in [2.75, 3.05) is 52.5 Å². The topological polar surface area (TPSA) is 56.2 Å². The van der Waals surface area contributed by atoms with Crippen LogP contribution >= 0.6 is 24.8 Å². The van der Waals surface area contributed by atoms with Gasteiger partial charge in [0.1, 0.15) is 18.5 Å². The summed E-state index contributed by atoms with van der Waals surface area (Å²) in [4.78, 5) is 4.50. The lowest BCUT2D eigenvalue weighted by Crippen LogP contribution is -2.49. The van der Waals surface area contributed by atoms with Crippen molar-refractivity contribution < 1.29 is 14.9 Å². The summed E-state index contributed by atoms with van der Waals surface area (Å²) < 4.78 is 5.81. The van der Waals surface area contributed by atoms with Gasteiger partial charge in [0.15, 0.2) is 0 Å². The number of ether oxygens (including phenoxy) is 1. The van der Waals surface area contributed by atoms with Crippen molar-refractivity contribution in [3.05, 3.63) is 29.3 Å². The molecule has 2 N–H and O–H groups in total. The van der Waals surface area contributed by atoms with E-state index in [4.69, 9.17) is 9.84 Å². The summed E-state index contributed by atoms with van der Waals surface area (Å²) in [6.07, 6.45) is -0.483. The molecule has 0 spiro atoms. The van der Waals surface area contributed by atoms with Gasteiger partial charge in [-0.15, -0.1) is 24.8 Å². The molecular weight excluding hydrogens is 351 g/mol. The number of aliphatic hydroxyl groups excluding tert-OH is 2. The molecule has 1 aromatic carbocycles. The zero-order valence-corrected chi connectivity index (χ0v) is 16.1. The number of β-amino-alcohol motifs (C(OH)–C–C–N with tert-alkyl or cyclic N) is 2. The minimum atomic E-state index is -0.483. The third-order valence-electron chi connectivity index (χ3n) is 4.18. The van der Waals surface area contributed by atoms with E-state index in [1.807, 2.05) is 32.0 Å². The van der Waals surface area contributed by atoms with Gasteiger partial charge in [-0.05, 0) is 25.0 Å². The molecule has 7 heteroatoms. The molecule has 1 aromatic rings. The minimum Gasteiger partial charge on any atom is -0.490 e. The maximum atomic E-state index is 10.2. The molecule has 0 saturated carbocycles. The monoisotopic (exact) mass is 380 g/mol. The number of rotatable bonds is 7. The Morgan fingerprint density at radius 1 is 1.04 bits per heavy atom. The van der Waals surface area contributed by atoms with Gasteiger partial charge >= 0.3 is 0 Å². The second-order valence-corrected chi connectivity index (χ2v) is 6.05. The van der Waals surface area contributed by atoms with Crippen LogP contribution in [0.15, 0.2) is 18.2 Å². The average Bonchev–Trinajstić information content (AvgIpc) is 2.49. The molecule has 1 fully saturated rings. The van der Waals surface area contributed by atoms with Crippen molar-refractivity contribution in [3.8, 4) is 5.75 Å². The highest BCUT2D eigenvalue weighted by Gasteiger charge is 2.19. The maximum Gasteiger partial charge on any atom is 0.125 e. The van der Waals surface area contributed by atoms with Crippen LogP contribution in [0.5, 0.6) is 5.75 Å². The molecular formula is C17H30Cl2N2O3. The molecule has 5 nitrogen and oxygen atoms in total. The molecule has 1 heterocycles. The lowest BCUT2D eigenvalue weighted by Gasteiger charge is -2.35. The van der Waals surface area contributed by atoms with E-state index < -0.39 is 6.10 Å². The van der Waals surface area contributed by atoms with Gasteiger partial charge in [-0.1, -0.05) is 18.2 Å². The van der Waals surface area contributed by atoms with Gasteiger partial charge in [0, 0.05) is 39.3 Å². The first-order chi connectivity index (χ1) is 10.6. The summed E-state index contributed by atoms with van der Waals surface area (Å²) in [5.74, 6) is 0.884. The Morgan fingerprint density at radius 2 is 1.58 bits per heavy atom. The van der Waals surface area contributed by atoms with Gasteiger partial charge in [0.05, 0.1) is 6.61 Å². The molecule has 1 saturated heterocycles. The zero-order valence-electron chi connectivity index (χ0n) is 14.5. The van der Waals surface area contributed by atoms with E-state index in [0.717, 1.165) is 49.6 Å². The Balaban J connectivity index is 0.00000264. The third-order valence-corrected chi connectivity index (χ3v) is 4.18. The highest BCUT2D eigenvalue weighted by atomic mass is 35.5. The van der Waals surface area contributed by atoms with Gasteiger partial charge in [-0.25, -0.2) is 0 Å². The van der Waals surface area contributed by atoms with Crippen molar-refractivity contribution in [2.24, 2.45) is 0 Å². The van der Waals surface area contributed by atoms with E-state index in [1.54, 1.807) is 0 Å². The first-order valence-corrected chi connectivity index (χ1v) is 8.03. The van der Waals surface area contributed by atoms with E-state index in [0.29, 0.717) is 13.2 Å². The van der Waals surface area contributed by atoms with Gasteiger partial charge < -0.3 is 14.9 Å². The highest BCUT2D eigenvalue weighted by molar-refractivity contribution is 5.85. The van der Waals surface area contributed by atoms with E-state index in [-0.39, 0.29) is 31.4 Å². The Morgan fingerprint density at radius 3 is 2.12 bits per heavy atom. The number of hydrogen-bond donors (Lipinski definition) is 2. The van der Waals surface area contributed by atoms with Crippen molar-refractivity contribution in [1.29, 1.82) is 0 Å². The van der Waals surface area contributed by atoms with Crippen LogP contribution in [0.2, 0.25) is 0 Å². The van der Waals surface area contributed by atoms with Crippen LogP contribution in [-0.4, -0.2) is 78.6 Å². The molecule has 1 aliphatic heterocycles. The Kier molecular flexibility index (Phi) is 11.6. The fourth-order valence-electron chi connectivity index (χ4n) is 2.89. The Labute approximate surface area is 157 Å². The first-order valence-electron chi connectivity index (χ1n) is 8.03. The molecule has 0 aliphatic carbocycles. The van der Waals surface area contributed by atoms with Gasteiger partial charge in [-0.3, -0.25) is 9.80 Å². The predicted molar refractivity (Wildman–Crippen MR) is 102 cm³/mol. The predicted octanol–water partition coefficient (Wildman–Crippen LogP) is 1.50. The molecule has 1 unspecified atom stereocenters. The van der Waals surface area contributed by atoms with Gasteiger partial charge in [0.25, 0.3) is 0 Å². The van der Waals surface area contributed by atoms with Gasteiger partial charge in [0.2, 0.25) is 0 Å². The van der Waals surface area contributed by atoms with Crippen molar-refractivity contribution >= 4 is 24.8 Å². The van der Waals surface area contributed by atoms with E-state index in [2.05, 4.69) is 9.80 Å². The van der Waals surface area contributed by atoms with Gasteiger partial charge in [-0.2, -0.15) is 0 Å². The van der Waals surface area contributed by atoms with Crippen LogP contribution in [-0.2, 0) is 0 Å². The lowest BCUT2D eigenvalue weighted by molar-refractivity contribution is 0.0426. The van der Waals surface area contributed by atoms with E-state index in [9.17, 15) is 5.11 Å². The quantitative estimate of drug-likeness (QED) is 0.750. The number of nitrogens with zero attached hydrogens (tertiary/aromatic N) is 2. The van der Waals surface area contributed by atoms with Crippen LogP contribution in [0.1, 0.15) is 11.1 Å². The highest BCUT2D eigenvalue weighted by Crippen LogP contribution is 2.22. The summed E-state index contributed by atoms with van der Waals surface area (Å²) in [6.45, 7) is 9.72. The SMILES string of the molecule is Cc1cccc(C)c1OCC(O)CN1CCN(CCO)CC1.Cl.Cl. The van der Waals surface area contributed by atoms with Crippen molar-refractivity contribution in [2.45, 2.75) is 20.0 Å². The minimum absolute atomic E-state index is 0. The molecule has 0 bridgehead atoms. The van der Waals surface area contributed by atoms with Crippen molar-refractivity contribution in [3.63, 3.8) is 0 Å². The zero-order chi connectivity index (χ0) is 15.9. The number of benzene rings is 1. The van der Waals surface area contributed by atoms with E-state index >= 15 is 0 Å². The van der Waals surface area contributed by atoms with Crippen molar-refractivity contribution in [1.82, 2.24) is 9.80 Å². The molecule has 0 amide bonds. The second kappa shape index (κ2) is 11.9. The summed E-state index contributed by atoms with van der Waals surface area (Å²) in [5.41, 5.74) is 2.20. The maximum absolute atomic E-state index is 10.2. The van der Waals surface area contributed by atoms with E-state index in [1.165, 1.54) is 0 Å². The normalized spacial score (nSPS) is 16.8. The number of halogens is 2. The molecule has 0 aromatic heterocycles. The molecule has 1 atom stereocenters. The fraction of sp³-hybridized carbons (Fsp3) is 0.647. The Bertz CT molecular complexity index is 449. The average molecular weight is 381 g/mol. The summed E-state index contributed by atoms with van der Waals surface area (Å²) in [5, 5.41) is 19.1. The number of para-hydroxylation sites is 1. The molecule has 0 radical (unpaired) electrons. The Hall–Kier alpha value is -0.560. The fourth-order valence-corrected chi connectivity index (χ4v) is 2.89. The van der Waals surface area contributed by atoms with Crippen LogP contribution in [0.25, 0.3) is 0 Å². The summed E-state index contributed by atoms with van der Waals surface area (Å²) in [6, 6.07) is 6.06. The molecule has 24 heavy (non-hydrogen) atoms. The second-order valence-electron chi connectivity index (χ2n) is 6.05. The standard InChI is InChI=1S/C17H28N2O3.2ClH/c1-14-4-3-5-15(2)17(14)22-13-16(21)12-19-8-6-18(7-9-19)10-11-20;;/h3-5,16,20-21H,6-13H2,1-2H3;2*1H.